The smallest absolute Gasteiger partial charge is 0.407 e. The Bertz CT molecular complexity index is 1120. The SMILES string of the molecule is CC#CCC(NC(=O)OCC1c2ccccc2-c2ccccc21)C(=O)N1CCOCC1CC(=O)O. The number of hydrogen-bond acceptors (Lipinski definition) is 5. The number of alkyl carbamates (subject to hydrolysis) is 1. The minimum absolute atomic E-state index is 0.0939. The normalized spacial score (nSPS) is 17.4. The summed E-state index contributed by atoms with van der Waals surface area (Å²) in [4.78, 5) is 38.7. The van der Waals surface area contributed by atoms with Gasteiger partial charge in [0.1, 0.15) is 12.6 Å². The van der Waals surface area contributed by atoms with Gasteiger partial charge in [-0.3, -0.25) is 9.59 Å². The monoisotopic (exact) mass is 476 g/mol. The van der Waals surface area contributed by atoms with E-state index >= 15 is 0 Å². The zero-order chi connectivity index (χ0) is 24.8. The third kappa shape index (κ3) is 5.47. The first-order valence-corrected chi connectivity index (χ1v) is 11.6. The molecule has 2 N–H and O–H groups in total. The molecule has 1 aliphatic heterocycles. The maximum atomic E-state index is 13.3. The van der Waals surface area contributed by atoms with Gasteiger partial charge in [0.2, 0.25) is 5.91 Å². The van der Waals surface area contributed by atoms with E-state index in [0.717, 1.165) is 22.3 Å². The Kier molecular flexibility index (Phi) is 7.68. The molecule has 1 saturated heterocycles. The average molecular weight is 477 g/mol. The van der Waals surface area contributed by atoms with Crippen molar-refractivity contribution < 1.29 is 29.0 Å². The summed E-state index contributed by atoms with van der Waals surface area (Å²) in [5.74, 6) is 4.06. The van der Waals surface area contributed by atoms with Gasteiger partial charge in [-0.1, -0.05) is 48.5 Å². The van der Waals surface area contributed by atoms with Crippen LogP contribution in [0.15, 0.2) is 48.5 Å². The second kappa shape index (κ2) is 11.1. The van der Waals surface area contributed by atoms with Crippen molar-refractivity contribution in [1.29, 1.82) is 0 Å². The Morgan fingerprint density at radius 2 is 1.80 bits per heavy atom. The molecule has 1 aliphatic carbocycles. The number of fused-ring (bicyclic) bond motifs is 3. The molecular weight excluding hydrogens is 448 g/mol. The maximum absolute atomic E-state index is 13.3. The summed E-state index contributed by atoms with van der Waals surface area (Å²) >= 11 is 0. The van der Waals surface area contributed by atoms with E-state index in [0.29, 0.717) is 6.61 Å². The molecule has 0 saturated carbocycles. The van der Waals surface area contributed by atoms with Gasteiger partial charge in [0.25, 0.3) is 0 Å². The zero-order valence-electron chi connectivity index (χ0n) is 19.5. The van der Waals surface area contributed by atoms with Crippen molar-refractivity contribution in [3.8, 4) is 23.0 Å². The van der Waals surface area contributed by atoms with Gasteiger partial charge in [-0.15, -0.1) is 11.8 Å². The number of carboxylic acid groups (broad SMARTS) is 1. The first kappa shape index (κ1) is 24.3. The van der Waals surface area contributed by atoms with Crippen LogP contribution < -0.4 is 5.32 Å². The Morgan fingerprint density at radius 1 is 1.14 bits per heavy atom. The van der Waals surface area contributed by atoms with Gasteiger partial charge in [-0.05, 0) is 29.2 Å². The highest BCUT2D eigenvalue weighted by Gasteiger charge is 2.34. The quantitative estimate of drug-likeness (QED) is 0.596. The molecule has 2 aromatic carbocycles. The molecular formula is C27H28N2O6. The number of morpholine rings is 1. The fraction of sp³-hybridized carbons (Fsp3) is 0.370. The highest BCUT2D eigenvalue weighted by molar-refractivity contribution is 5.87. The van der Waals surface area contributed by atoms with E-state index in [1.807, 2.05) is 36.4 Å². The van der Waals surface area contributed by atoms with E-state index in [1.165, 1.54) is 4.90 Å². The van der Waals surface area contributed by atoms with Crippen LogP contribution in [0.1, 0.15) is 36.8 Å². The second-order valence-corrected chi connectivity index (χ2v) is 8.51. The van der Waals surface area contributed by atoms with Crippen LogP contribution in [0.3, 0.4) is 0 Å². The van der Waals surface area contributed by atoms with Crippen LogP contribution >= 0.6 is 0 Å². The van der Waals surface area contributed by atoms with Crippen molar-refractivity contribution in [2.75, 3.05) is 26.4 Å². The number of hydrogen-bond donors (Lipinski definition) is 2. The third-order valence-corrected chi connectivity index (χ3v) is 6.34. The van der Waals surface area contributed by atoms with Crippen molar-refractivity contribution in [3.63, 3.8) is 0 Å². The summed E-state index contributed by atoms with van der Waals surface area (Å²) in [6, 6.07) is 14.5. The Hall–Kier alpha value is -3.83. The highest BCUT2D eigenvalue weighted by Crippen LogP contribution is 2.44. The number of nitrogens with one attached hydrogen (secondary N) is 1. The van der Waals surface area contributed by atoms with Crippen LogP contribution in [-0.4, -0.2) is 66.4 Å². The standard InChI is InChI=1S/C27H28N2O6/c1-2-3-12-24(26(32)29-13-14-34-16-18(29)15-25(30)31)28-27(33)35-17-23-21-10-6-4-8-19(21)20-9-5-7-11-22(20)23/h4-11,18,23-24H,12-17H2,1H3,(H,28,33)(H,30,31). The topological polar surface area (TPSA) is 105 Å². The van der Waals surface area contributed by atoms with Gasteiger partial charge in [0.15, 0.2) is 0 Å². The molecule has 8 heteroatoms. The Morgan fingerprint density at radius 3 is 2.43 bits per heavy atom. The van der Waals surface area contributed by atoms with Crippen molar-refractivity contribution in [2.45, 2.75) is 37.8 Å². The fourth-order valence-corrected chi connectivity index (χ4v) is 4.70. The van der Waals surface area contributed by atoms with Crippen molar-refractivity contribution in [2.24, 2.45) is 0 Å². The molecule has 1 fully saturated rings. The predicted octanol–water partition coefficient (Wildman–Crippen LogP) is 3.01. The first-order valence-electron chi connectivity index (χ1n) is 11.6. The molecule has 35 heavy (non-hydrogen) atoms. The summed E-state index contributed by atoms with van der Waals surface area (Å²) in [7, 11) is 0. The number of carboxylic acids is 1. The van der Waals surface area contributed by atoms with Gasteiger partial charge < -0.3 is 24.8 Å². The van der Waals surface area contributed by atoms with E-state index in [9.17, 15) is 19.5 Å². The molecule has 1 heterocycles. The van der Waals surface area contributed by atoms with Crippen LogP contribution in [0.25, 0.3) is 11.1 Å². The van der Waals surface area contributed by atoms with Gasteiger partial charge in [-0.25, -0.2) is 4.79 Å². The minimum atomic E-state index is -1.02. The van der Waals surface area contributed by atoms with Crippen molar-refractivity contribution >= 4 is 18.0 Å². The lowest BCUT2D eigenvalue weighted by molar-refractivity contribution is -0.147. The second-order valence-electron chi connectivity index (χ2n) is 8.51. The van der Waals surface area contributed by atoms with Crippen LogP contribution in [0, 0.1) is 11.8 Å². The maximum Gasteiger partial charge on any atom is 0.407 e. The number of amides is 2. The van der Waals surface area contributed by atoms with Crippen LogP contribution in [0.4, 0.5) is 4.79 Å². The lowest BCUT2D eigenvalue weighted by Gasteiger charge is -2.36. The molecule has 2 unspecified atom stereocenters. The summed E-state index contributed by atoms with van der Waals surface area (Å²) in [5.41, 5.74) is 4.44. The number of carbonyl (C=O) groups excluding carboxylic acids is 2. The van der Waals surface area contributed by atoms with Crippen LogP contribution in [-0.2, 0) is 19.1 Å². The molecule has 0 bridgehead atoms. The Labute approximate surface area is 204 Å². The number of aliphatic carboxylic acids is 1. The molecule has 4 rings (SSSR count). The number of carbonyl (C=O) groups is 3. The van der Waals surface area contributed by atoms with Gasteiger partial charge >= 0.3 is 12.1 Å². The van der Waals surface area contributed by atoms with E-state index in [2.05, 4.69) is 29.3 Å². The Balaban J connectivity index is 1.44. The summed E-state index contributed by atoms with van der Waals surface area (Å²) in [6.45, 7) is 2.46. The molecule has 182 valence electrons. The van der Waals surface area contributed by atoms with Crippen LogP contribution in [0.5, 0.6) is 0 Å². The predicted molar refractivity (Wildman–Crippen MR) is 129 cm³/mol. The van der Waals surface area contributed by atoms with Crippen LogP contribution in [0.2, 0.25) is 0 Å². The first-order chi connectivity index (χ1) is 17.0. The van der Waals surface area contributed by atoms with E-state index in [-0.39, 0.29) is 38.5 Å². The number of ether oxygens (including phenoxy) is 2. The lowest BCUT2D eigenvalue weighted by Crippen LogP contribution is -2.56. The summed E-state index contributed by atoms with van der Waals surface area (Å²) in [6.07, 6.45) is -0.856. The van der Waals surface area contributed by atoms with Gasteiger partial charge in [0, 0.05) is 18.9 Å². The molecule has 2 aromatic rings. The number of benzene rings is 2. The molecule has 0 spiro atoms. The van der Waals surface area contributed by atoms with Gasteiger partial charge in [-0.2, -0.15) is 0 Å². The zero-order valence-corrected chi connectivity index (χ0v) is 19.5. The third-order valence-electron chi connectivity index (χ3n) is 6.34. The average Bonchev–Trinajstić information content (AvgIpc) is 3.18. The number of rotatable bonds is 7. The molecule has 2 atom stereocenters. The van der Waals surface area contributed by atoms with Crippen molar-refractivity contribution in [1.82, 2.24) is 10.2 Å². The van der Waals surface area contributed by atoms with E-state index < -0.39 is 30.1 Å². The molecule has 2 amide bonds. The van der Waals surface area contributed by atoms with Gasteiger partial charge in [0.05, 0.1) is 25.7 Å². The minimum Gasteiger partial charge on any atom is -0.481 e. The number of nitrogens with zero attached hydrogens (tertiary/aromatic N) is 1. The summed E-state index contributed by atoms with van der Waals surface area (Å²) < 4.78 is 11.0. The molecule has 2 aliphatic rings. The fourth-order valence-electron chi connectivity index (χ4n) is 4.70. The molecule has 8 nitrogen and oxygen atoms in total. The van der Waals surface area contributed by atoms with E-state index in [1.54, 1.807) is 6.92 Å². The largest absolute Gasteiger partial charge is 0.481 e. The molecule has 0 aromatic heterocycles. The van der Waals surface area contributed by atoms with Crippen molar-refractivity contribution in [3.05, 3.63) is 59.7 Å². The molecule has 0 radical (unpaired) electrons. The summed E-state index contributed by atoms with van der Waals surface area (Å²) in [5, 5.41) is 11.8. The van der Waals surface area contributed by atoms with E-state index in [4.69, 9.17) is 9.47 Å². The highest BCUT2D eigenvalue weighted by atomic mass is 16.5. The lowest BCUT2D eigenvalue weighted by atomic mass is 9.98.